The van der Waals surface area contributed by atoms with E-state index in [1.807, 2.05) is 6.92 Å². The van der Waals surface area contributed by atoms with Crippen LogP contribution in [0.3, 0.4) is 0 Å². The van der Waals surface area contributed by atoms with Gasteiger partial charge in [0.1, 0.15) is 17.3 Å². The van der Waals surface area contributed by atoms with Crippen LogP contribution in [0.2, 0.25) is 0 Å². The zero-order chi connectivity index (χ0) is 14.7. The molecule has 3 heterocycles. The van der Waals surface area contributed by atoms with Gasteiger partial charge in [-0.15, -0.1) is 0 Å². The van der Waals surface area contributed by atoms with Gasteiger partial charge in [-0.05, 0) is 44.1 Å². The van der Waals surface area contributed by atoms with Crippen LogP contribution in [0.4, 0.5) is 5.82 Å². The highest BCUT2D eigenvalue weighted by Crippen LogP contribution is 2.44. The standard InChI is InChI=1S/C18H20N4/c1-11-19-17-15(18(20-11)22-9-2-3-10-22)14-6-4-5-13(12-7-8-12)16(14)21-17/h4-6,12H,2-3,7-10H2,1H3,(H,19,20,21). The van der Waals surface area contributed by atoms with Crippen molar-refractivity contribution in [1.82, 2.24) is 15.0 Å². The largest absolute Gasteiger partial charge is 0.356 e. The fourth-order valence-corrected chi connectivity index (χ4v) is 3.82. The number of fused-ring (bicyclic) bond motifs is 3. The summed E-state index contributed by atoms with van der Waals surface area (Å²) in [4.78, 5) is 15.5. The highest BCUT2D eigenvalue weighted by molar-refractivity contribution is 6.12. The van der Waals surface area contributed by atoms with E-state index in [1.54, 1.807) is 0 Å². The number of aryl methyl sites for hydroxylation is 1. The SMILES string of the molecule is Cc1nc(N2CCCC2)c2c(n1)[nH]c1c(C3CC3)cccc12. The summed E-state index contributed by atoms with van der Waals surface area (Å²) in [6.45, 7) is 4.22. The van der Waals surface area contributed by atoms with Crippen LogP contribution < -0.4 is 4.90 Å². The van der Waals surface area contributed by atoms with Crippen molar-refractivity contribution in [1.29, 1.82) is 0 Å². The number of H-pyrrole nitrogens is 1. The lowest BCUT2D eigenvalue weighted by Crippen LogP contribution is -2.19. The molecule has 1 aliphatic heterocycles. The molecule has 5 rings (SSSR count). The minimum atomic E-state index is 0.737. The van der Waals surface area contributed by atoms with Crippen LogP contribution >= 0.6 is 0 Å². The summed E-state index contributed by atoms with van der Waals surface area (Å²) >= 11 is 0. The van der Waals surface area contributed by atoms with Gasteiger partial charge in [-0.3, -0.25) is 0 Å². The summed E-state index contributed by atoms with van der Waals surface area (Å²) in [7, 11) is 0. The molecule has 1 saturated carbocycles. The zero-order valence-electron chi connectivity index (χ0n) is 12.9. The molecule has 0 spiro atoms. The third-order valence-electron chi connectivity index (χ3n) is 5.03. The zero-order valence-corrected chi connectivity index (χ0v) is 12.9. The van der Waals surface area contributed by atoms with Gasteiger partial charge in [0.2, 0.25) is 0 Å². The van der Waals surface area contributed by atoms with Gasteiger partial charge in [0.15, 0.2) is 0 Å². The first kappa shape index (κ1) is 12.4. The van der Waals surface area contributed by atoms with Gasteiger partial charge >= 0.3 is 0 Å². The number of benzene rings is 1. The van der Waals surface area contributed by atoms with Gasteiger partial charge in [0.05, 0.1) is 10.9 Å². The van der Waals surface area contributed by atoms with E-state index in [0.29, 0.717) is 0 Å². The normalized spacial score (nSPS) is 18.7. The molecule has 0 unspecified atom stereocenters. The second-order valence-corrected chi connectivity index (χ2v) is 6.68. The first-order valence-corrected chi connectivity index (χ1v) is 8.35. The maximum atomic E-state index is 4.79. The first-order chi connectivity index (χ1) is 10.8. The second kappa shape index (κ2) is 4.45. The molecule has 112 valence electrons. The van der Waals surface area contributed by atoms with E-state index in [4.69, 9.17) is 4.98 Å². The molecule has 2 aromatic heterocycles. The van der Waals surface area contributed by atoms with E-state index in [0.717, 1.165) is 36.3 Å². The quantitative estimate of drug-likeness (QED) is 0.779. The highest BCUT2D eigenvalue weighted by atomic mass is 15.2. The predicted molar refractivity (Wildman–Crippen MR) is 89.6 cm³/mol. The summed E-state index contributed by atoms with van der Waals surface area (Å²) in [5.74, 6) is 2.72. The van der Waals surface area contributed by atoms with Crippen molar-refractivity contribution in [3.63, 3.8) is 0 Å². The van der Waals surface area contributed by atoms with Crippen molar-refractivity contribution < 1.29 is 0 Å². The Kier molecular flexibility index (Phi) is 2.52. The maximum Gasteiger partial charge on any atom is 0.144 e. The Morgan fingerprint density at radius 2 is 1.95 bits per heavy atom. The molecule has 0 bridgehead atoms. The van der Waals surface area contributed by atoms with Crippen molar-refractivity contribution in [3.8, 4) is 0 Å². The summed E-state index contributed by atoms with van der Waals surface area (Å²) in [5.41, 5.74) is 3.73. The van der Waals surface area contributed by atoms with Crippen molar-refractivity contribution in [2.24, 2.45) is 0 Å². The third-order valence-corrected chi connectivity index (χ3v) is 5.03. The Morgan fingerprint density at radius 3 is 2.73 bits per heavy atom. The summed E-state index contributed by atoms with van der Waals surface area (Å²) in [6.07, 6.45) is 5.16. The summed E-state index contributed by atoms with van der Waals surface area (Å²) in [6, 6.07) is 6.68. The maximum absolute atomic E-state index is 4.79. The predicted octanol–water partition coefficient (Wildman–Crippen LogP) is 3.90. The van der Waals surface area contributed by atoms with E-state index in [9.17, 15) is 0 Å². The first-order valence-electron chi connectivity index (χ1n) is 8.35. The monoisotopic (exact) mass is 292 g/mol. The number of hydrogen-bond donors (Lipinski definition) is 1. The summed E-state index contributed by atoms with van der Waals surface area (Å²) < 4.78 is 0. The molecule has 22 heavy (non-hydrogen) atoms. The Labute approximate surface area is 129 Å². The molecule has 1 aromatic carbocycles. The lowest BCUT2D eigenvalue weighted by molar-refractivity contribution is 0.925. The number of para-hydroxylation sites is 1. The van der Waals surface area contributed by atoms with Gasteiger partial charge in [0, 0.05) is 18.5 Å². The van der Waals surface area contributed by atoms with Gasteiger partial charge in [-0.1, -0.05) is 18.2 Å². The Balaban J connectivity index is 1.84. The Morgan fingerprint density at radius 1 is 1.14 bits per heavy atom. The smallest absolute Gasteiger partial charge is 0.144 e. The van der Waals surface area contributed by atoms with Gasteiger partial charge < -0.3 is 9.88 Å². The molecular formula is C18H20N4. The third kappa shape index (κ3) is 1.76. The Hall–Kier alpha value is -2.10. The molecule has 1 N–H and O–H groups in total. The molecule has 4 nitrogen and oxygen atoms in total. The average molecular weight is 292 g/mol. The van der Waals surface area contributed by atoms with Crippen molar-refractivity contribution in [2.75, 3.05) is 18.0 Å². The molecule has 4 heteroatoms. The molecule has 0 atom stereocenters. The van der Waals surface area contributed by atoms with E-state index in [2.05, 4.69) is 33.1 Å². The molecular weight excluding hydrogens is 272 g/mol. The minimum absolute atomic E-state index is 0.737. The second-order valence-electron chi connectivity index (χ2n) is 6.68. The lowest BCUT2D eigenvalue weighted by atomic mass is 10.1. The van der Waals surface area contributed by atoms with Gasteiger partial charge in [0.25, 0.3) is 0 Å². The molecule has 0 radical (unpaired) electrons. The van der Waals surface area contributed by atoms with Crippen LogP contribution in [-0.2, 0) is 0 Å². The van der Waals surface area contributed by atoms with Crippen LogP contribution in [0.1, 0.15) is 43.0 Å². The van der Waals surface area contributed by atoms with E-state index in [1.165, 1.54) is 47.5 Å². The number of aromatic amines is 1. The number of nitrogens with zero attached hydrogens (tertiary/aromatic N) is 3. The molecule has 3 aromatic rings. The lowest BCUT2D eigenvalue weighted by Gasteiger charge is -2.17. The topological polar surface area (TPSA) is 44.8 Å². The minimum Gasteiger partial charge on any atom is -0.356 e. The molecule has 1 saturated heterocycles. The van der Waals surface area contributed by atoms with E-state index < -0.39 is 0 Å². The van der Waals surface area contributed by atoms with Crippen LogP contribution in [-0.4, -0.2) is 28.0 Å². The fourth-order valence-electron chi connectivity index (χ4n) is 3.82. The number of rotatable bonds is 2. The van der Waals surface area contributed by atoms with Crippen molar-refractivity contribution in [3.05, 3.63) is 29.6 Å². The fraction of sp³-hybridized carbons (Fsp3) is 0.444. The average Bonchev–Trinajstić information content (AvgIpc) is 3.08. The van der Waals surface area contributed by atoms with Crippen LogP contribution in [0.15, 0.2) is 18.2 Å². The number of nitrogens with one attached hydrogen (secondary N) is 1. The van der Waals surface area contributed by atoms with Crippen LogP contribution in [0.25, 0.3) is 21.9 Å². The number of anilines is 1. The van der Waals surface area contributed by atoms with Gasteiger partial charge in [-0.2, -0.15) is 0 Å². The number of aromatic nitrogens is 3. The molecule has 2 aliphatic rings. The summed E-state index contributed by atoms with van der Waals surface area (Å²) in [5, 5.41) is 2.51. The number of hydrogen-bond acceptors (Lipinski definition) is 3. The van der Waals surface area contributed by atoms with Crippen molar-refractivity contribution >= 4 is 27.8 Å². The Bertz CT molecular complexity index is 870. The van der Waals surface area contributed by atoms with Crippen molar-refractivity contribution in [2.45, 2.75) is 38.5 Å². The van der Waals surface area contributed by atoms with Crippen LogP contribution in [0, 0.1) is 6.92 Å². The molecule has 0 amide bonds. The van der Waals surface area contributed by atoms with E-state index in [-0.39, 0.29) is 0 Å². The van der Waals surface area contributed by atoms with E-state index >= 15 is 0 Å². The molecule has 1 aliphatic carbocycles. The van der Waals surface area contributed by atoms with Crippen LogP contribution in [0.5, 0.6) is 0 Å². The van der Waals surface area contributed by atoms with Gasteiger partial charge in [-0.25, -0.2) is 9.97 Å². The highest BCUT2D eigenvalue weighted by Gasteiger charge is 2.27. The molecule has 2 fully saturated rings.